The zero-order valence-electron chi connectivity index (χ0n) is 13.7. The lowest BCUT2D eigenvalue weighted by atomic mass is 10.1. The monoisotopic (exact) mass is 398 g/mol. The number of halogens is 2. The zero-order valence-corrected chi connectivity index (χ0v) is 15.3. The first-order valence-electron chi connectivity index (χ1n) is 7.90. The summed E-state index contributed by atoms with van der Waals surface area (Å²) >= 11 is 7.08. The van der Waals surface area contributed by atoms with E-state index in [0.29, 0.717) is 22.8 Å². The molecule has 0 spiro atoms. The van der Waals surface area contributed by atoms with Gasteiger partial charge in [-0.05, 0) is 35.9 Å². The normalized spacial score (nSPS) is 10.7. The van der Waals surface area contributed by atoms with Gasteiger partial charge in [0.1, 0.15) is 17.3 Å². The van der Waals surface area contributed by atoms with Gasteiger partial charge < -0.3 is 10.3 Å². The number of carbonyl (C=O) groups excluding carboxylic acids is 1. The summed E-state index contributed by atoms with van der Waals surface area (Å²) in [4.78, 5) is 23.5. The lowest BCUT2D eigenvalue weighted by molar-refractivity contribution is 0.102. The minimum Gasteiger partial charge on any atom is -0.338 e. The van der Waals surface area contributed by atoms with Crippen molar-refractivity contribution in [3.05, 3.63) is 76.1 Å². The lowest BCUT2D eigenvalue weighted by Gasteiger charge is -2.04. The Morgan fingerprint density at radius 2 is 1.89 bits per heavy atom. The number of rotatable bonds is 4. The summed E-state index contributed by atoms with van der Waals surface area (Å²) in [6.45, 7) is 0. The highest BCUT2D eigenvalue weighted by Gasteiger charge is 2.10. The highest BCUT2D eigenvalue weighted by Crippen LogP contribution is 2.26. The molecule has 134 valence electrons. The summed E-state index contributed by atoms with van der Waals surface area (Å²) < 4.78 is 13.6. The predicted molar refractivity (Wildman–Crippen MR) is 104 cm³/mol. The smallest absolute Gasteiger partial charge is 0.275 e. The summed E-state index contributed by atoms with van der Waals surface area (Å²) in [5.41, 5.74) is 4.93. The average molecular weight is 399 g/mol. The third kappa shape index (κ3) is 3.74. The molecule has 0 aliphatic heterocycles. The van der Waals surface area contributed by atoms with E-state index in [4.69, 9.17) is 11.6 Å². The second kappa shape index (κ2) is 7.30. The zero-order chi connectivity index (χ0) is 18.8. The van der Waals surface area contributed by atoms with Gasteiger partial charge in [0, 0.05) is 16.6 Å². The van der Waals surface area contributed by atoms with Crippen LogP contribution in [0, 0.1) is 5.82 Å². The van der Waals surface area contributed by atoms with Crippen molar-refractivity contribution in [1.82, 2.24) is 15.0 Å². The van der Waals surface area contributed by atoms with Gasteiger partial charge in [0.05, 0.1) is 22.4 Å². The number of anilines is 1. The summed E-state index contributed by atoms with van der Waals surface area (Å²) in [6, 6.07) is 11.8. The predicted octanol–water partition coefficient (Wildman–Crippen LogP) is 5.25. The van der Waals surface area contributed by atoms with Crippen LogP contribution in [-0.2, 0) is 0 Å². The van der Waals surface area contributed by atoms with E-state index in [9.17, 15) is 9.18 Å². The molecule has 1 amide bonds. The number of amides is 1. The van der Waals surface area contributed by atoms with E-state index in [-0.39, 0.29) is 10.9 Å². The van der Waals surface area contributed by atoms with Gasteiger partial charge in [0.25, 0.3) is 5.91 Å². The first kappa shape index (κ1) is 17.4. The number of aromatic amines is 1. The van der Waals surface area contributed by atoms with Crippen LogP contribution >= 0.6 is 22.9 Å². The number of imidazole rings is 1. The Hall–Kier alpha value is -3.03. The Bertz CT molecular complexity index is 1090. The maximum Gasteiger partial charge on any atom is 0.275 e. The molecule has 0 atom stereocenters. The van der Waals surface area contributed by atoms with Gasteiger partial charge in [-0.15, -0.1) is 11.3 Å². The van der Waals surface area contributed by atoms with Crippen molar-refractivity contribution in [3.8, 4) is 22.6 Å². The Morgan fingerprint density at radius 1 is 1.11 bits per heavy atom. The van der Waals surface area contributed by atoms with Crippen molar-refractivity contribution >= 4 is 34.5 Å². The van der Waals surface area contributed by atoms with Crippen LogP contribution in [0.25, 0.3) is 22.6 Å². The first-order valence-corrected chi connectivity index (χ1v) is 9.22. The molecule has 2 aromatic heterocycles. The van der Waals surface area contributed by atoms with Gasteiger partial charge in [-0.1, -0.05) is 23.7 Å². The second-order valence-corrected chi connectivity index (χ2v) is 6.81. The Labute approximate surface area is 162 Å². The third-order valence-corrected chi connectivity index (χ3v) is 4.78. The summed E-state index contributed by atoms with van der Waals surface area (Å²) in [6.07, 6.45) is 1.67. The van der Waals surface area contributed by atoms with Gasteiger partial charge in [-0.2, -0.15) is 0 Å². The van der Waals surface area contributed by atoms with Crippen LogP contribution in [0.3, 0.4) is 0 Å². The molecule has 4 aromatic rings. The standard InChI is InChI=1S/C19H12ClFN4OS/c20-14-6-3-12(7-15(14)21)18-22-8-16(25-18)11-1-4-13(5-2-11)24-19(26)17-9-27-10-23-17/h1-10H,(H,22,25)(H,24,26). The molecule has 2 heterocycles. The summed E-state index contributed by atoms with van der Waals surface area (Å²) in [7, 11) is 0. The van der Waals surface area contributed by atoms with Gasteiger partial charge in [-0.3, -0.25) is 4.79 Å². The summed E-state index contributed by atoms with van der Waals surface area (Å²) in [5.74, 6) is -0.202. The number of hydrogen-bond acceptors (Lipinski definition) is 4. The molecule has 0 aliphatic rings. The molecule has 0 fully saturated rings. The molecule has 0 bridgehead atoms. The fourth-order valence-corrected chi connectivity index (χ4v) is 3.16. The van der Waals surface area contributed by atoms with Gasteiger partial charge >= 0.3 is 0 Å². The molecule has 0 aliphatic carbocycles. The van der Waals surface area contributed by atoms with Crippen LogP contribution in [-0.4, -0.2) is 20.9 Å². The van der Waals surface area contributed by atoms with E-state index in [2.05, 4.69) is 20.3 Å². The van der Waals surface area contributed by atoms with Gasteiger partial charge in [-0.25, -0.2) is 14.4 Å². The van der Waals surface area contributed by atoms with Crippen LogP contribution in [0.5, 0.6) is 0 Å². The number of H-pyrrole nitrogens is 1. The van der Waals surface area contributed by atoms with Crippen LogP contribution in [0.1, 0.15) is 10.5 Å². The second-order valence-electron chi connectivity index (χ2n) is 5.68. The molecule has 2 aromatic carbocycles. The van der Waals surface area contributed by atoms with Crippen molar-refractivity contribution in [1.29, 1.82) is 0 Å². The SMILES string of the molecule is O=C(Nc1ccc(-c2cnc(-c3ccc(Cl)c(F)c3)[nH]2)cc1)c1cscn1. The van der Waals surface area contributed by atoms with Crippen LogP contribution < -0.4 is 5.32 Å². The number of hydrogen-bond donors (Lipinski definition) is 2. The average Bonchev–Trinajstić information content (AvgIpc) is 3.36. The number of nitrogens with one attached hydrogen (secondary N) is 2. The van der Waals surface area contributed by atoms with Crippen molar-refractivity contribution in [2.75, 3.05) is 5.32 Å². The number of carbonyl (C=O) groups is 1. The van der Waals surface area contributed by atoms with Crippen LogP contribution in [0.4, 0.5) is 10.1 Å². The molecular weight excluding hydrogens is 387 g/mol. The Kier molecular flexibility index (Phi) is 4.70. The van der Waals surface area contributed by atoms with E-state index in [1.165, 1.54) is 23.5 Å². The van der Waals surface area contributed by atoms with Crippen molar-refractivity contribution < 1.29 is 9.18 Å². The van der Waals surface area contributed by atoms with Crippen molar-refractivity contribution in [3.63, 3.8) is 0 Å². The number of benzene rings is 2. The van der Waals surface area contributed by atoms with E-state index >= 15 is 0 Å². The molecule has 5 nitrogen and oxygen atoms in total. The molecule has 2 N–H and O–H groups in total. The molecule has 4 rings (SSSR count). The molecule has 0 radical (unpaired) electrons. The number of thiazole rings is 1. The van der Waals surface area contributed by atoms with E-state index in [1.807, 2.05) is 12.1 Å². The minimum atomic E-state index is -0.493. The highest BCUT2D eigenvalue weighted by atomic mass is 35.5. The molecule has 0 saturated carbocycles. The highest BCUT2D eigenvalue weighted by molar-refractivity contribution is 7.07. The number of nitrogens with zero attached hydrogens (tertiary/aromatic N) is 2. The van der Waals surface area contributed by atoms with E-state index in [1.54, 1.807) is 35.3 Å². The first-order chi connectivity index (χ1) is 13.1. The van der Waals surface area contributed by atoms with Crippen LogP contribution in [0.15, 0.2) is 59.6 Å². The maximum absolute atomic E-state index is 13.6. The largest absolute Gasteiger partial charge is 0.338 e. The third-order valence-electron chi connectivity index (χ3n) is 3.89. The van der Waals surface area contributed by atoms with E-state index < -0.39 is 5.82 Å². The quantitative estimate of drug-likeness (QED) is 0.493. The molecule has 0 saturated heterocycles. The van der Waals surface area contributed by atoms with Crippen molar-refractivity contribution in [2.24, 2.45) is 0 Å². The molecule has 0 unspecified atom stereocenters. The maximum atomic E-state index is 13.6. The topological polar surface area (TPSA) is 70.7 Å². The van der Waals surface area contributed by atoms with Gasteiger partial charge in [0.15, 0.2) is 0 Å². The van der Waals surface area contributed by atoms with E-state index in [0.717, 1.165) is 11.3 Å². The molecular formula is C19H12ClFN4OS. The minimum absolute atomic E-state index is 0.0702. The Balaban J connectivity index is 1.52. The molecule has 8 heteroatoms. The van der Waals surface area contributed by atoms with Crippen LogP contribution in [0.2, 0.25) is 5.02 Å². The molecule has 27 heavy (non-hydrogen) atoms. The summed E-state index contributed by atoms with van der Waals surface area (Å²) in [5, 5.41) is 4.55. The number of aromatic nitrogens is 3. The van der Waals surface area contributed by atoms with Gasteiger partial charge in [0.2, 0.25) is 0 Å². The fourth-order valence-electron chi connectivity index (χ4n) is 2.51. The lowest BCUT2D eigenvalue weighted by Crippen LogP contribution is -2.11. The van der Waals surface area contributed by atoms with Crippen molar-refractivity contribution in [2.45, 2.75) is 0 Å². The Morgan fingerprint density at radius 3 is 2.59 bits per heavy atom. The fraction of sp³-hybridized carbons (Fsp3) is 0.